The van der Waals surface area contributed by atoms with Crippen molar-refractivity contribution in [3.05, 3.63) is 48.0 Å². The lowest BCUT2D eigenvalue weighted by Gasteiger charge is -2.14. The van der Waals surface area contributed by atoms with E-state index in [1.165, 1.54) is 0 Å². The summed E-state index contributed by atoms with van der Waals surface area (Å²) in [5, 5.41) is 0. The van der Waals surface area contributed by atoms with Crippen molar-refractivity contribution in [2.75, 3.05) is 0 Å². The summed E-state index contributed by atoms with van der Waals surface area (Å²) in [7, 11) is 0. The summed E-state index contributed by atoms with van der Waals surface area (Å²) in [6.07, 6.45) is 4.07. The Morgan fingerprint density at radius 1 is 1.35 bits per heavy atom. The van der Waals surface area contributed by atoms with Gasteiger partial charge in [0.2, 0.25) is 0 Å². The molecule has 0 unspecified atom stereocenters. The molecule has 0 aliphatic rings. The Labute approximate surface area is 119 Å². The number of hydrogen-bond acceptors (Lipinski definition) is 3. The lowest BCUT2D eigenvalue weighted by Crippen LogP contribution is -2.09. The van der Waals surface area contributed by atoms with Crippen LogP contribution in [0.1, 0.15) is 49.3 Å². The normalized spacial score (nSPS) is 10.8. The lowest BCUT2D eigenvalue weighted by atomic mass is 10.1. The van der Waals surface area contributed by atoms with E-state index in [1.807, 2.05) is 25.1 Å². The van der Waals surface area contributed by atoms with Crippen LogP contribution in [0.25, 0.3) is 0 Å². The van der Waals surface area contributed by atoms with Gasteiger partial charge in [-0.05, 0) is 26.0 Å². The molecule has 0 aliphatic heterocycles. The van der Waals surface area contributed by atoms with Crippen LogP contribution in [0, 0.1) is 0 Å². The fraction of sp³-hybridized carbons (Fsp3) is 0.375. The number of aromatic nitrogens is 2. The number of benzene rings is 1. The molecule has 0 amide bonds. The third kappa shape index (κ3) is 3.07. The summed E-state index contributed by atoms with van der Waals surface area (Å²) in [5.41, 5.74) is 1.64. The molecular formula is C16H20N2O2. The van der Waals surface area contributed by atoms with Crippen molar-refractivity contribution in [3.8, 4) is 5.75 Å². The van der Waals surface area contributed by atoms with Crippen molar-refractivity contribution in [2.45, 2.75) is 39.8 Å². The number of para-hydroxylation sites is 1. The van der Waals surface area contributed by atoms with Gasteiger partial charge in [0.25, 0.3) is 0 Å². The molecule has 0 radical (unpaired) electrons. The van der Waals surface area contributed by atoms with Gasteiger partial charge in [-0.3, -0.25) is 4.79 Å². The molecule has 1 aromatic heterocycles. The maximum atomic E-state index is 11.9. The summed E-state index contributed by atoms with van der Waals surface area (Å²) < 4.78 is 7.87. The highest BCUT2D eigenvalue weighted by Gasteiger charge is 2.11. The van der Waals surface area contributed by atoms with Crippen LogP contribution in [0.4, 0.5) is 0 Å². The zero-order valence-electron chi connectivity index (χ0n) is 12.2. The number of ether oxygens (including phenoxy) is 1. The van der Waals surface area contributed by atoms with Crippen molar-refractivity contribution in [1.82, 2.24) is 9.55 Å². The van der Waals surface area contributed by atoms with Crippen LogP contribution >= 0.6 is 0 Å². The fourth-order valence-corrected chi connectivity index (χ4v) is 2.07. The summed E-state index contributed by atoms with van der Waals surface area (Å²) in [6, 6.07) is 7.71. The number of hydrogen-bond donors (Lipinski definition) is 0. The fourth-order valence-electron chi connectivity index (χ4n) is 2.07. The van der Waals surface area contributed by atoms with Gasteiger partial charge in [0.15, 0.2) is 5.78 Å². The number of ketones is 1. The van der Waals surface area contributed by atoms with Crippen LogP contribution in [0.5, 0.6) is 5.75 Å². The molecule has 0 saturated carbocycles. The molecule has 0 fully saturated rings. The Hall–Kier alpha value is -2.10. The molecule has 4 heteroatoms. The Balaban J connectivity index is 2.15. The number of nitrogens with zero attached hydrogens (tertiary/aromatic N) is 2. The van der Waals surface area contributed by atoms with Crippen molar-refractivity contribution in [1.29, 1.82) is 0 Å². The smallest absolute Gasteiger partial charge is 0.166 e. The van der Waals surface area contributed by atoms with Gasteiger partial charge in [0, 0.05) is 12.5 Å². The molecule has 0 spiro atoms. The van der Waals surface area contributed by atoms with Crippen LogP contribution in [0.2, 0.25) is 0 Å². The highest BCUT2D eigenvalue weighted by molar-refractivity contribution is 5.98. The Kier molecular flexibility index (Phi) is 4.56. The SMILES string of the molecule is CCC(=O)c1ccccc1OCc1cncn1C(C)C. The first-order valence-electron chi connectivity index (χ1n) is 6.89. The van der Waals surface area contributed by atoms with E-state index in [9.17, 15) is 4.79 Å². The van der Waals surface area contributed by atoms with Gasteiger partial charge in [-0.25, -0.2) is 4.98 Å². The minimum atomic E-state index is 0.0953. The molecule has 106 valence electrons. The van der Waals surface area contributed by atoms with Crippen LogP contribution in [0.3, 0.4) is 0 Å². The molecule has 2 rings (SSSR count). The van der Waals surface area contributed by atoms with Gasteiger partial charge in [-0.2, -0.15) is 0 Å². The van der Waals surface area contributed by atoms with E-state index in [0.717, 1.165) is 5.69 Å². The number of carbonyl (C=O) groups is 1. The van der Waals surface area contributed by atoms with Crippen molar-refractivity contribution < 1.29 is 9.53 Å². The van der Waals surface area contributed by atoms with E-state index in [0.29, 0.717) is 30.4 Å². The third-order valence-corrected chi connectivity index (χ3v) is 3.19. The van der Waals surface area contributed by atoms with E-state index in [4.69, 9.17) is 4.74 Å². The first-order valence-corrected chi connectivity index (χ1v) is 6.89. The summed E-state index contributed by atoms with van der Waals surface area (Å²) in [6.45, 7) is 6.46. The van der Waals surface area contributed by atoms with Crippen LogP contribution in [0.15, 0.2) is 36.8 Å². The number of carbonyl (C=O) groups excluding carboxylic acids is 1. The largest absolute Gasteiger partial charge is 0.487 e. The van der Waals surface area contributed by atoms with Gasteiger partial charge in [0.05, 0.1) is 23.8 Å². The quantitative estimate of drug-likeness (QED) is 0.754. The number of Topliss-reactive ketones (excluding diaryl/α,β-unsaturated/α-hetero) is 1. The van der Waals surface area contributed by atoms with Crippen molar-refractivity contribution in [2.24, 2.45) is 0 Å². The third-order valence-electron chi connectivity index (χ3n) is 3.19. The van der Waals surface area contributed by atoms with E-state index in [1.54, 1.807) is 18.6 Å². The minimum absolute atomic E-state index is 0.0953. The van der Waals surface area contributed by atoms with Crippen LogP contribution in [-0.4, -0.2) is 15.3 Å². The maximum absolute atomic E-state index is 11.9. The topological polar surface area (TPSA) is 44.1 Å². The maximum Gasteiger partial charge on any atom is 0.166 e. The molecule has 0 aliphatic carbocycles. The van der Waals surface area contributed by atoms with E-state index < -0.39 is 0 Å². The first kappa shape index (κ1) is 14.3. The van der Waals surface area contributed by atoms with Crippen molar-refractivity contribution in [3.63, 3.8) is 0 Å². The molecular weight excluding hydrogens is 252 g/mol. The molecule has 0 atom stereocenters. The second-order valence-electron chi connectivity index (χ2n) is 4.95. The molecule has 20 heavy (non-hydrogen) atoms. The molecule has 0 N–H and O–H groups in total. The van der Waals surface area contributed by atoms with Gasteiger partial charge < -0.3 is 9.30 Å². The number of imidazole rings is 1. The highest BCUT2D eigenvalue weighted by Crippen LogP contribution is 2.21. The molecule has 0 saturated heterocycles. The van der Waals surface area contributed by atoms with E-state index >= 15 is 0 Å². The first-order chi connectivity index (χ1) is 9.63. The van der Waals surface area contributed by atoms with Crippen LogP contribution < -0.4 is 4.74 Å². The van der Waals surface area contributed by atoms with E-state index in [-0.39, 0.29) is 5.78 Å². The van der Waals surface area contributed by atoms with E-state index in [2.05, 4.69) is 23.4 Å². The van der Waals surface area contributed by atoms with Crippen LogP contribution in [-0.2, 0) is 6.61 Å². The van der Waals surface area contributed by atoms with Crippen molar-refractivity contribution >= 4 is 5.78 Å². The molecule has 1 heterocycles. The predicted octanol–water partition coefficient (Wildman–Crippen LogP) is 3.64. The standard InChI is InChI=1S/C16H20N2O2/c1-4-15(19)14-7-5-6-8-16(14)20-10-13-9-17-11-18(13)12(2)3/h5-9,11-12H,4,10H2,1-3H3. The number of rotatable bonds is 6. The Bertz CT molecular complexity index is 588. The molecule has 4 nitrogen and oxygen atoms in total. The highest BCUT2D eigenvalue weighted by atomic mass is 16.5. The summed E-state index contributed by atoms with van der Waals surface area (Å²) in [4.78, 5) is 16.0. The zero-order valence-corrected chi connectivity index (χ0v) is 12.2. The molecule has 1 aromatic carbocycles. The Morgan fingerprint density at radius 2 is 2.10 bits per heavy atom. The predicted molar refractivity (Wildman–Crippen MR) is 78.0 cm³/mol. The Morgan fingerprint density at radius 3 is 2.80 bits per heavy atom. The summed E-state index contributed by atoms with van der Waals surface area (Å²) >= 11 is 0. The van der Waals surface area contributed by atoms with Gasteiger partial charge in [0.1, 0.15) is 12.4 Å². The minimum Gasteiger partial charge on any atom is -0.487 e. The van der Waals surface area contributed by atoms with Gasteiger partial charge >= 0.3 is 0 Å². The molecule has 2 aromatic rings. The lowest BCUT2D eigenvalue weighted by molar-refractivity contribution is 0.0983. The van der Waals surface area contributed by atoms with Gasteiger partial charge in [-0.1, -0.05) is 19.1 Å². The van der Waals surface area contributed by atoms with Gasteiger partial charge in [-0.15, -0.1) is 0 Å². The monoisotopic (exact) mass is 272 g/mol. The summed E-state index contributed by atoms with van der Waals surface area (Å²) in [5.74, 6) is 0.730. The second-order valence-corrected chi connectivity index (χ2v) is 4.95. The molecule has 0 bridgehead atoms. The zero-order chi connectivity index (χ0) is 14.5. The average molecular weight is 272 g/mol. The second kappa shape index (κ2) is 6.37. The average Bonchev–Trinajstić information content (AvgIpc) is 2.93.